The van der Waals surface area contributed by atoms with Crippen molar-refractivity contribution in [2.75, 3.05) is 0 Å². The Morgan fingerprint density at radius 3 is 2.46 bits per heavy atom. The van der Waals surface area contributed by atoms with Gasteiger partial charge in [-0.1, -0.05) is 72.3 Å². The van der Waals surface area contributed by atoms with Crippen molar-refractivity contribution >= 4 is 5.91 Å². The Kier molecular flexibility index (Phi) is 6.56. The zero-order valence-electron chi connectivity index (χ0n) is 15.8. The maximum absolute atomic E-state index is 12.8. The number of aryl methyl sites for hydroxylation is 1. The van der Waals surface area contributed by atoms with Crippen LogP contribution < -0.4 is 5.32 Å². The molecule has 1 N–H and O–H groups in total. The smallest absolute Gasteiger partial charge is 0.254 e. The summed E-state index contributed by atoms with van der Waals surface area (Å²) in [5.41, 5.74) is 4.43. The summed E-state index contributed by atoms with van der Waals surface area (Å²) in [6.07, 6.45) is -0.725. The Hall–Kier alpha value is -3.42. The molecule has 0 bridgehead atoms. The minimum absolute atomic E-state index is 0.191. The number of carbonyl (C=O) groups is 1. The molecule has 4 heteroatoms. The summed E-state index contributed by atoms with van der Waals surface area (Å²) in [7, 11) is 0. The molecule has 0 aliphatic rings. The van der Waals surface area contributed by atoms with Crippen LogP contribution in [0, 0.1) is 18.3 Å². The Morgan fingerprint density at radius 1 is 1.00 bits per heavy atom. The third-order valence-corrected chi connectivity index (χ3v) is 4.40. The lowest BCUT2D eigenvalue weighted by Crippen LogP contribution is -2.30. The number of nitrogens with one attached hydrogen (secondary N) is 1. The van der Waals surface area contributed by atoms with Crippen molar-refractivity contribution in [3.63, 3.8) is 0 Å². The van der Waals surface area contributed by atoms with Gasteiger partial charge in [0.1, 0.15) is 0 Å². The fourth-order valence-corrected chi connectivity index (χ4v) is 2.85. The molecule has 28 heavy (non-hydrogen) atoms. The number of benzene rings is 3. The van der Waals surface area contributed by atoms with Gasteiger partial charge >= 0.3 is 0 Å². The average molecular weight is 370 g/mol. The zero-order valence-corrected chi connectivity index (χ0v) is 15.8. The van der Waals surface area contributed by atoms with E-state index >= 15 is 0 Å². The largest absolute Gasteiger partial charge is 0.359 e. The first kappa shape index (κ1) is 19.3. The van der Waals surface area contributed by atoms with Crippen molar-refractivity contribution in [2.45, 2.75) is 26.2 Å². The van der Waals surface area contributed by atoms with E-state index < -0.39 is 6.10 Å². The molecule has 140 valence electrons. The summed E-state index contributed by atoms with van der Waals surface area (Å²) < 4.78 is 5.96. The molecule has 3 rings (SSSR count). The molecular formula is C24H22N2O2. The van der Waals surface area contributed by atoms with Crippen molar-refractivity contribution in [1.82, 2.24) is 5.32 Å². The van der Waals surface area contributed by atoms with Crippen LogP contribution in [0.1, 0.15) is 33.9 Å². The predicted molar refractivity (Wildman–Crippen MR) is 108 cm³/mol. The van der Waals surface area contributed by atoms with Gasteiger partial charge in [0.05, 0.1) is 18.2 Å². The second kappa shape index (κ2) is 9.50. The number of ether oxygens (including phenoxy) is 1. The molecule has 0 saturated heterocycles. The van der Waals surface area contributed by atoms with Crippen molar-refractivity contribution in [2.24, 2.45) is 0 Å². The highest BCUT2D eigenvalue weighted by Crippen LogP contribution is 2.20. The molecule has 0 aliphatic heterocycles. The van der Waals surface area contributed by atoms with E-state index in [1.807, 2.05) is 73.7 Å². The predicted octanol–water partition coefficient (Wildman–Crippen LogP) is 4.44. The number of rotatable bonds is 7. The monoisotopic (exact) mass is 370 g/mol. The number of nitriles is 1. The second-order valence-corrected chi connectivity index (χ2v) is 6.62. The van der Waals surface area contributed by atoms with Gasteiger partial charge in [-0.25, -0.2) is 0 Å². The summed E-state index contributed by atoms with van der Waals surface area (Å²) in [6, 6.07) is 26.8. The summed E-state index contributed by atoms with van der Waals surface area (Å²) >= 11 is 0. The van der Waals surface area contributed by atoms with Gasteiger partial charge in [-0.3, -0.25) is 4.79 Å². The van der Waals surface area contributed by atoms with Crippen LogP contribution in [0.3, 0.4) is 0 Å². The lowest BCUT2D eigenvalue weighted by molar-refractivity contribution is -0.134. The van der Waals surface area contributed by atoms with Crippen LogP contribution in [0.15, 0.2) is 78.9 Å². The summed E-state index contributed by atoms with van der Waals surface area (Å²) in [6.45, 7) is 2.71. The average Bonchev–Trinajstić information content (AvgIpc) is 2.74. The van der Waals surface area contributed by atoms with E-state index in [0.717, 1.165) is 16.7 Å². The van der Waals surface area contributed by atoms with Crippen molar-refractivity contribution in [1.29, 1.82) is 5.26 Å². The highest BCUT2D eigenvalue weighted by Gasteiger charge is 2.21. The number of carbonyl (C=O) groups excluding carboxylic acids is 1. The minimum Gasteiger partial charge on any atom is -0.359 e. The van der Waals surface area contributed by atoms with Gasteiger partial charge in [0, 0.05) is 6.54 Å². The molecule has 0 aliphatic carbocycles. The third-order valence-electron chi connectivity index (χ3n) is 4.40. The molecular weight excluding hydrogens is 348 g/mol. The van der Waals surface area contributed by atoms with E-state index in [2.05, 4.69) is 11.4 Å². The van der Waals surface area contributed by atoms with Crippen molar-refractivity contribution in [3.05, 3.63) is 107 Å². The highest BCUT2D eigenvalue weighted by atomic mass is 16.5. The van der Waals surface area contributed by atoms with Gasteiger partial charge in [0.15, 0.2) is 6.10 Å². The van der Waals surface area contributed by atoms with Gasteiger partial charge in [-0.15, -0.1) is 0 Å². The maximum Gasteiger partial charge on any atom is 0.254 e. The van der Waals surface area contributed by atoms with Gasteiger partial charge in [0.2, 0.25) is 0 Å². The fourth-order valence-electron chi connectivity index (χ4n) is 2.85. The standard InChI is InChI=1S/C24H22N2O2/c1-18-10-12-19(13-11-18)16-26-24(27)23(22-8-3-2-4-9-22)28-17-21-7-5-6-20(14-21)15-25/h2-14,23H,16-17H2,1H3,(H,26,27)/t23-/m1/s1. The Balaban J connectivity index is 1.70. The van der Waals surface area contributed by atoms with E-state index in [1.54, 1.807) is 12.1 Å². The number of hydrogen-bond donors (Lipinski definition) is 1. The van der Waals surface area contributed by atoms with Crippen LogP contribution in [-0.4, -0.2) is 5.91 Å². The molecule has 0 aromatic heterocycles. The first-order chi connectivity index (χ1) is 13.7. The molecule has 0 radical (unpaired) electrons. The molecule has 0 heterocycles. The molecule has 3 aromatic rings. The molecule has 0 saturated carbocycles. The Morgan fingerprint density at radius 2 is 1.75 bits per heavy atom. The lowest BCUT2D eigenvalue weighted by Gasteiger charge is -2.18. The first-order valence-corrected chi connectivity index (χ1v) is 9.14. The maximum atomic E-state index is 12.8. The molecule has 0 unspecified atom stereocenters. The number of nitrogens with zero attached hydrogens (tertiary/aromatic N) is 1. The van der Waals surface area contributed by atoms with Gasteiger partial charge in [0.25, 0.3) is 5.91 Å². The van der Waals surface area contributed by atoms with Crippen LogP contribution in [0.4, 0.5) is 0 Å². The normalized spacial score (nSPS) is 11.4. The van der Waals surface area contributed by atoms with E-state index in [0.29, 0.717) is 12.1 Å². The number of hydrogen-bond acceptors (Lipinski definition) is 3. The summed E-state index contributed by atoms with van der Waals surface area (Å²) in [4.78, 5) is 12.8. The Labute approximate surface area is 165 Å². The number of amides is 1. The fraction of sp³-hybridized carbons (Fsp3) is 0.167. The van der Waals surface area contributed by atoms with Crippen LogP contribution in [0.5, 0.6) is 0 Å². The third kappa shape index (κ3) is 5.29. The van der Waals surface area contributed by atoms with Gasteiger partial charge < -0.3 is 10.1 Å². The molecule has 1 atom stereocenters. The molecule has 4 nitrogen and oxygen atoms in total. The van der Waals surface area contributed by atoms with Crippen LogP contribution in [0.25, 0.3) is 0 Å². The van der Waals surface area contributed by atoms with Crippen LogP contribution in [-0.2, 0) is 22.7 Å². The lowest BCUT2D eigenvalue weighted by atomic mass is 10.1. The van der Waals surface area contributed by atoms with Crippen LogP contribution in [0.2, 0.25) is 0 Å². The molecule has 0 fully saturated rings. The zero-order chi connectivity index (χ0) is 19.8. The summed E-state index contributed by atoms with van der Waals surface area (Å²) in [5, 5.41) is 12.0. The van der Waals surface area contributed by atoms with Gasteiger partial charge in [-0.05, 0) is 35.7 Å². The van der Waals surface area contributed by atoms with Crippen molar-refractivity contribution in [3.8, 4) is 6.07 Å². The SMILES string of the molecule is Cc1ccc(CNC(=O)[C@H](OCc2cccc(C#N)c2)c2ccccc2)cc1. The second-order valence-electron chi connectivity index (χ2n) is 6.62. The van der Waals surface area contributed by atoms with Crippen molar-refractivity contribution < 1.29 is 9.53 Å². The molecule has 1 amide bonds. The first-order valence-electron chi connectivity index (χ1n) is 9.14. The minimum atomic E-state index is -0.725. The quantitative estimate of drug-likeness (QED) is 0.669. The van der Waals surface area contributed by atoms with Crippen LogP contribution >= 0.6 is 0 Å². The Bertz CT molecular complexity index is 960. The molecule has 0 spiro atoms. The topological polar surface area (TPSA) is 62.1 Å². The summed E-state index contributed by atoms with van der Waals surface area (Å²) in [5.74, 6) is -0.191. The van der Waals surface area contributed by atoms with E-state index in [1.165, 1.54) is 5.56 Å². The van der Waals surface area contributed by atoms with Gasteiger partial charge in [-0.2, -0.15) is 5.26 Å². The van der Waals surface area contributed by atoms with E-state index in [-0.39, 0.29) is 12.5 Å². The van der Waals surface area contributed by atoms with E-state index in [9.17, 15) is 4.79 Å². The highest BCUT2D eigenvalue weighted by molar-refractivity contribution is 5.82. The molecule has 3 aromatic carbocycles. The van der Waals surface area contributed by atoms with E-state index in [4.69, 9.17) is 10.00 Å².